The molecule has 4 nitrogen and oxygen atoms in total. The molecule has 54 valence electrons. The first-order valence-electron chi connectivity index (χ1n) is 2.59. The fourth-order valence-electron chi connectivity index (χ4n) is 0.321. The smallest absolute Gasteiger partial charge is 0.244 e. The van der Waals surface area contributed by atoms with Crippen LogP contribution in [0.4, 0.5) is 0 Å². The lowest BCUT2D eigenvalue weighted by atomic mass is 10.5. The monoisotopic (exact) mass is 149 g/mol. The van der Waals surface area contributed by atoms with Gasteiger partial charge in [0.1, 0.15) is 5.37 Å². The Morgan fingerprint density at radius 3 is 2.67 bits per heavy atom. The SMILES string of the molecule is NCCNC(S)C(N)=O. The Labute approximate surface area is 59.4 Å². The van der Waals surface area contributed by atoms with Gasteiger partial charge in [0.05, 0.1) is 0 Å². The number of hydrogen-bond acceptors (Lipinski definition) is 4. The number of thiol groups is 1. The van der Waals surface area contributed by atoms with Crippen LogP contribution in [0.1, 0.15) is 0 Å². The molecule has 1 unspecified atom stereocenters. The Hall–Kier alpha value is -0.260. The Bertz CT molecular complexity index is 97.8. The predicted molar refractivity (Wildman–Crippen MR) is 39.0 cm³/mol. The molecule has 0 radical (unpaired) electrons. The zero-order chi connectivity index (χ0) is 7.28. The van der Waals surface area contributed by atoms with E-state index in [1.807, 2.05) is 0 Å². The largest absolute Gasteiger partial charge is 0.368 e. The zero-order valence-corrected chi connectivity index (χ0v) is 5.90. The van der Waals surface area contributed by atoms with Crippen molar-refractivity contribution >= 4 is 18.5 Å². The van der Waals surface area contributed by atoms with Gasteiger partial charge in [0.2, 0.25) is 5.91 Å². The molecule has 0 aromatic rings. The second-order valence-corrected chi connectivity index (χ2v) is 2.06. The van der Waals surface area contributed by atoms with Crippen LogP contribution in [0.15, 0.2) is 0 Å². The van der Waals surface area contributed by atoms with Crippen LogP contribution in [-0.4, -0.2) is 24.4 Å². The summed E-state index contributed by atoms with van der Waals surface area (Å²) in [5.74, 6) is -0.480. The summed E-state index contributed by atoms with van der Waals surface area (Å²) in [6.07, 6.45) is 0. The summed E-state index contributed by atoms with van der Waals surface area (Å²) in [4.78, 5) is 10.2. The van der Waals surface area contributed by atoms with Crippen molar-refractivity contribution in [3.8, 4) is 0 Å². The molecule has 0 aromatic carbocycles. The van der Waals surface area contributed by atoms with E-state index in [4.69, 9.17) is 11.5 Å². The molecule has 1 amide bonds. The van der Waals surface area contributed by atoms with Crippen molar-refractivity contribution < 1.29 is 4.79 Å². The molecule has 0 aromatic heterocycles. The van der Waals surface area contributed by atoms with Gasteiger partial charge in [-0.3, -0.25) is 10.1 Å². The highest BCUT2D eigenvalue weighted by atomic mass is 32.1. The molecule has 0 aliphatic carbocycles. The maximum absolute atomic E-state index is 10.2. The van der Waals surface area contributed by atoms with E-state index in [0.29, 0.717) is 13.1 Å². The van der Waals surface area contributed by atoms with Gasteiger partial charge in [0, 0.05) is 13.1 Å². The van der Waals surface area contributed by atoms with E-state index in [9.17, 15) is 4.79 Å². The van der Waals surface area contributed by atoms with E-state index in [2.05, 4.69) is 17.9 Å². The molecule has 0 rings (SSSR count). The molecule has 9 heavy (non-hydrogen) atoms. The van der Waals surface area contributed by atoms with Crippen molar-refractivity contribution in [2.24, 2.45) is 11.5 Å². The lowest BCUT2D eigenvalue weighted by Crippen LogP contribution is -2.39. The van der Waals surface area contributed by atoms with E-state index in [0.717, 1.165) is 0 Å². The number of carbonyl (C=O) groups is 1. The third-order valence-electron chi connectivity index (χ3n) is 0.752. The van der Waals surface area contributed by atoms with Gasteiger partial charge in [0.15, 0.2) is 0 Å². The lowest BCUT2D eigenvalue weighted by Gasteiger charge is -2.06. The normalized spacial score (nSPS) is 13.1. The fourth-order valence-corrected chi connectivity index (χ4v) is 0.450. The highest BCUT2D eigenvalue weighted by Gasteiger charge is 2.05. The molecule has 0 saturated carbocycles. The van der Waals surface area contributed by atoms with Crippen LogP contribution >= 0.6 is 12.6 Å². The molecule has 5 N–H and O–H groups in total. The quantitative estimate of drug-likeness (QED) is 0.283. The molecule has 0 fully saturated rings. The standard InChI is InChI=1S/C4H11N3OS/c5-1-2-7-4(9)3(6)8/h4,7,9H,1-2,5H2,(H2,6,8). The van der Waals surface area contributed by atoms with Crippen LogP contribution in [0.3, 0.4) is 0 Å². The van der Waals surface area contributed by atoms with Gasteiger partial charge in [-0.2, -0.15) is 12.6 Å². The summed E-state index contributed by atoms with van der Waals surface area (Å²) >= 11 is 3.82. The number of rotatable bonds is 4. The van der Waals surface area contributed by atoms with Crippen LogP contribution in [0.2, 0.25) is 0 Å². The molecule has 0 spiro atoms. The number of nitrogens with two attached hydrogens (primary N) is 2. The van der Waals surface area contributed by atoms with Gasteiger partial charge in [-0.1, -0.05) is 0 Å². The van der Waals surface area contributed by atoms with Gasteiger partial charge in [-0.05, 0) is 0 Å². The van der Waals surface area contributed by atoms with Crippen molar-refractivity contribution in [3.63, 3.8) is 0 Å². The molecule has 1 atom stereocenters. The van der Waals surface area contributed by atoms with E-state index in [-0.39, 0.29) is 0 Å². The number of primary amides is 1. The van der Waals surface area contributed by atoms with Gasteiger partial charge in [-0.15, -0.1) is 0 Å². The van der Waals surface area contributed by atoms with Crippen LogP contribution in [-0.2, 0) is 4.79 Å². The van der Waals surface area contributed by atoms with E-state index >= 15 is 0 Å². The number of amides is 1. The van der Waals surface area contributed by atoms with Gasteiger partial charge >= 0.3 is 0 Å². The minimum Gasteiger partial charge on any atom is -0.368 e. The number of carbonyl (C=O) groups excluding carboxylic acids is 1. The maximum Gasteiger partial charge on any atom is 0.244 e. The van der Waals surface area contributed by atoms with Crippen molar-refractivity contribution in [3.05, 3.63) is 0 Å². The van der Waals surface area contributed by atoms with Gasteiger partial charge < -0.3 is 11.5 Å². The van der Waals surface area contributed by atoms with Crippen molar-refractivity contribution in [1.29, 1.82) is 0 Å². The van der Waals surface area contributed by atoms with Crippen LogP contribution in [0, 0.1) is 0 Å². The van der Waals surface area contributed by atoms with Crippen molar-refractivity contribution in [2.75, 3.05) is 13.1 Å². The summed E-state index contributed by atoms with van der Waals surface area (Å²) in [5.41, 5.74) is 9.99. The zero-order valence-electron chi connectivity index (χ0n) is 5.00. The van der Waals surface area contributed by atoms with Gasteiger partial charge in [0.25, 0.3) is 0 Å². The lowest BCUT2D eigenvalue weighted by molar-refractivity contribution is -0.117. The van der Waals surface area contributed by atoms with Crippen LogP contribution in [0.5, 0.6) is 0 Å². The number of hydrogen-bond donors (Lipinski definition) is 4. The molecule has 0 heterocycles. The molecule has 0 saturated heterocycles. The van der Waals surface area contributed by atoms with Gasteiger partial charge in [-0.25, -0.2) is 0 Å². The Morgan fingerprint density at radius 1 is 1.78 bits per heavy atom. The molecular formula is C4H11N3OS. The molecule has 0 aliphatic rings. The topological polar surface area (TPSA) is 81.1 Å². The third-order valence-corrected chi connectivity index (χ3v) is 1.19. The first-order chi connectivity index (χ1) is 4.18. The Balaban J connectivity index is 3.27. The van der Waals surface area contributed by atoms with Crippen LogP contribution < -0.4 is 16.8 Å². The average molecular weight is 149 g/mol. The highest BCUT2D eigenvalue weighted by molar-refractivity contribution is 7.81. The summed E-state index contributed by atoms with van der Waals surface area (Å²) < 4.78 is 0. The van der Waals surface area contributed by atoms with E-state index in [1.165, 1.54) is 0 Å². The summed E-state index contributed by atoms with van der Waals surface area (Å²) in [6.45, 7) is 1.03. The molecular weight excluding hydrogens is 138 g/mol. The second kappa shape index (κ2) is 4.60. The Morgan fingerprint density at radius 2 is 2.33 bits per heavy atom. The fraction of sp³-hybridized carbons (Fsp3) is 0.750. The summed E-state index contributed by atoms with van der Waals surface area (Å²) in [7, 11) is 0. The second-order valence-electron chi connectivity index (χ2n) is 1.55. The molecule has 0 aliphatic heterocycles. The molecule has 5 heteroatoms. The van der Waals surface area contributed by atoms with Crippen molar-refractivity contribution in [2.45, 2.75) is 5.37 Å². The Kier molecular flexibility index (Phi) is 4.47. The third kappa shape index (κ3) is 4.26. The van der Waals surface area contributed by atoms with Crippen molar-refractivity contribution in [1.82, 2.24) is 5.32 Å². The maximum atomic E-state index is 10.2. The molecule has 0 bridgehead atoms. The first-order valence-corrected chi connectivity index (χ1v) is 3.11. The van der Waals surface area contributed by atoms with Crippen LogP contribution in [0.25, 0.3) is 0 Å². The van der Waals surface area contributed by atoms with E-state index < -0.39 is 11.3 Å². The summed E-state index contributed by atoms with van der Waals surface area (Å²) in [5, 5.41) is 2.12. The first kappa shape index (κ1) is 8.74. The minimum absolute atomic E-state index is 0.477. The summed E-state index contributed by atoms with van der Waals surface area (Å²) in [6, 6.07) is 0. The minimum atomic E-state index is -0.575. The highest BCUT2D eigenvalue weighted by Crippen LogP contribution is 1.84. The van der Waals surface area contributed by atoms with E-state index in [1.54, 1.807) is 0 Å². The number of nitrogens with one attached hydrogen (secondary N) is 1. The average Bonchev–Trinajstić information content (AvgIpc) is 1.82. The predicted octanol–water partition coefficient (Wildman–Crippen LogP) is -1.72.